The second kappa shape index (κ2) is 12.6. The zero-order chi connectivity index (χ0) is 26.4. The van der Waals surface area contributed by atoms with Crippen LogP contribution >= 0.6 is 35.1 Å². The van der Waals surface area contributed by atoms with Gasteiger partial charge in [-0.1, -0.05) is 55.8 Å². The Balaban J connectivity index is 0.000000207. The molecule has 2 aliphatic carbocycles. The van der Waals surface area contributed by atoms with Gasteiger partial charge in [-0.15, -0.1) is 0 Å². The van der Waals surface area contributed by atoms with Crippen LogP contribution in [0, 0.1) is 17.2 Å². The molecule has 0 saturated heterocycles. The molecule has 198 valence electrons. The number of nitrogens with zero attached hydrogens (tertiary/aromatic N) is 3. The zero-order valence-electron chi connectivity index (χ0n) is 20.8. The Kier molecular flexibility index (Phi) is 9.51. The van der Waals surface area contributed by atoms with Gasteiger partial charge >= 0.3 is 0 Å². The molecule has 2 saturated carbocycles. The average Bonchev–Trinajstić information content (AvgIpc) is 3.70. The molecule has 0 spiro atoms. The molecule has 1 aromatic carbocycles. The van der Waals surface area contributed by atoms with Crippen LogP contribution in [-0.2, 0) is 4.79 Å². The monoisotopic (exact) mass is 563 g/mol. The van der Waals surface area contributed by atoms with Crippen LogP contribution in [-0.4, -0.2) is 20.7 Å². The summed E-state index contributed by atoms with van der Waals surface area (Å²) in [4.78, 5) is 17.9. The SMILES string of the molecule is CC1(C(NC(=O)C2CCCC2)c2c(F)ccc(Cl)c2Cl)CCCC1.NSc1ccc(-n2cccn2)nc1. The Bertz CT molecular complexity index is 1180. The quantitative estimate of drug-likeness (QED) is 0.243. The molecule has 5 rings (SSSR count). The van der Waals surface area contributed by atoms with Crippen molar-refractivity contribution in [2.45, 2.75) is 69.2 Å². The number of nitrogens with two attached hydrogens (primary N) is 1. The fourth-order valence-electron chi connectivity index (χ4n) is 5.30. The highest BCUT2D eigenvalue weighted by molar-refractivity contribution is 7.97. The van der Waals surface area contributed by atoms with Crippen LogP contribution in [0.5, 0.6) is 0 Å². The third kappa shape index (κ3) is 6.66. The van der Waals surface area contributed by atoms with Gasteiger partial charge in [0.2, 0.25) is 5.91 Å². The van der Waals surface area contributed by atoms with E-state index in [4.69, 9.17) is 28.3 Å². The smallest absolute Gasteiger partial charge is 0.223 e. The van der Waals surface area contributed by atoms with E-state index in [0.717, 1.165) is 62.1 Å². The van der Waals surface area contributed by atoms with E-state index in [0.29, 0.717) is 10.6 Å². The number of hydrogen-bond donors (Lipinski definition) is 2. The molecule has 3 aromatic rings. The minimum absolute atomic E-state index is 0.0288. The van der Waals surface area contributed by atoms with Crippen LogP contribution in [0.3, 0.4) is 0 Å². The Labute approximate surface area is 231 Å². The standard InChI is InChI=1S/C19H24Cl2FNO.C8H8N4S/c1-19(10-4-5-11-19)17(23-18(24)12-6-2-3-7-12)15-14(22)9-8-13(20)16(15)21;9-13-7-2-3-8(10-6-7)12-5-1-4-11-12/h8-9,12,17H,2-7,10-11H2,1H3,(H,23,24);1-6H,9H2. The number of aromatic nitrogens is 3. The van der Waals surface area contributed by atoms with Crippen molar-refractivity contribution in [1.29, 1.82) is 0 Å². The van der Waals surface area contributed by atoms with Crippen molar-refractivity contribution in [1.82, 2.24) is 20.1 Å². The topological polar surface area (TPSA) is 85.8 Å². The number of rotatable bonds is 6. The third-order valence-corrected chi connectivity index (χ3v) is 8.75. The Hall–Kier alpha value is -2.13. The summed E-state index contributed by atoms with van der Waals surface area (Å²) >= 11 is 13.7. The number of carbonyl (C=O) groups excluding carboxylic acids is 1. The van der Waals surface area contributed by atoms with Crippen LogP contribution < -0.4 is 10.5 Å². The van der Waals surface area contributed by atoms with Gasteiger partial charge in [-0.3, -0.25) is 9.93 Å². The normalized spacial score (nSPS) is 17.8. The molecule has 2 aromatic heterocycles. The van der Waals surface area contributed by atoms with E-state index in [2.05, 4.69) is 22.3 Å². The van der Waals surface area contributed by atoms with E-state index < -0.39 is 11.9 Å². The Morgan fingerprint density at radius 1 is 1.19 bits per heavy atom. The molecule has 37 heavy (non-hydrogen) atoms. The van der Waals surface area contributed by atoms with Crippen molar-refractivity contribution in [2.75, 3.05) is 0 Å². The van der Waals surface area contributed by atoms with Gasteiger partial charge < -0.3 is 5.32 Å². The van der Waals surface area contributed by atoms with E-state index in [1.165, 1.54) is 24.1 Å². The summed E-state index contributed by atoms with van der Waals surface area (Å²) in [5, 5.41) is 13.1. The van der Waals surface area contributed by atoms with Gasteiger partial charge in [-0.2, -0.15) is 5.10 Å². The number of halogens is 3. The summed E-state index contributed by atoms with van der Waals surface area (Å²) in [5.41, 5.74) is 0.156. The van der Waals surface area contributed by atoms with Crippen LogP contribution in [0.1, 0.15) is 69.9 Å². The summed E-state index contributed by atoms with van der Waals surface area (Å²) in [6, 6.07) is 8.02. The number of amides is 1. The molecule has 0 bridgehead atoms. The molecular formula is C27H32Cl2FN5OS. The second-order valence-corrected chi connectivity index (χ2v) is 11.5. The largest absolute Gasteiger partial charge is 0.348 e. The van der Waals surface area contributed by atoms with Crippen LogP contribution in [0.25, 0.3) is 5.82 Å². The van der Waals surface area contributed by atoms with Gasteiger partial charge in [0.25, 0.3) is 0 Å². The zero-order valence-corrected chi connectivity index (χ0v) is 23.1. The lowest BCUT2D eigenvalue weighted by atomic mass is 9.76. The lowest BCUT2D eigenvalue weighted by molar-refractivity contribution is -0.126. The van der Waals surface area contributed by atoms with Crippen molar-refractivity contribution < 1.29 is 9.18 Å². The van der Waals surface area contributed by atoms with Crippen molar-refractivity contribution in [3.8, 4) is 5.82 Å². The third-order valence-electron chi connectivity index (χ3n) is 7.42. The molecular weight excluding hydrogens is 532 g/mol. The minimum atomic E-state index is -0.431. The summed E-state index contributed by atoms with van der Waals surface area (Å²) in [6.07, 6.45) is 13.4. The van der Waals surface area contributed by atoms with Gasteiger partial charge in [0.05, 0.1) is 16.1 Å². The van der Waals surface area contributed by atoms with Crippen LogP contribution in [0.15, 0.2) is 53.8 Å². The first kappa shape index (κ1) is 27.9. The molecule has 6 nitrogen and oxygen atoms in total. The Morgan fingerprint density at radius 3 is 2.51 bits per heavy atom. The molecule has 2 fully saturated rings. The van der Waals surface area contributed by atoms with Crippen molar-refractivity contribution in [3.05, 3.63) is 70.3 Å². The van der Waals surface area contributed by atoms with Crippen LogP contribution in [0.4, 0.5) is 4.39 Å². The minimum Gasteiger partial charge on any atom is -0.348 e. The van der Waals surface area contributed by atoms with Crippen molar-refractivity contribution in [2.24, 2.45) is 16.5 Å². The molecule has 0 radical (unpaired) electrons. The first-order valence-corrected chi connectivity index (χ1v) is 14.2. The molecule has 1 unspecified atom stereocenters. The molecule has 2 aliphatic rings. The second-order valence-electron chi connectivity index (χ2n) is 9.96. The van der Waals surface area contributed by atoms with Gasteiger partial charge in [0, 0.05) is 35.0 Å². The molecule has 3 N–H and O–H groups in total. The first-order chi connectivity index (χ1) is 17.8. The lowest BCUT2D eigenvalue weighted by Crippen LogP contribution is -2.41. The molecule has 2 heterocycles. The van der Waals surface area contributed by atoms with E-state index in [1.807, 2.05) is 24.4 Å². The van der Waals surface area contributed by atoms with Gasteiger partial charge in [-0.05, 0) is 73.4 Å². The highest BCUT2D eigenvalue weighted by Gasteiger charge is 2.42. The van der Waals surface area contributed by atoms with Crippen LogP contribution in [0.2, 0.25) is 10.0 Å². The van der Waals surface area contributed by atoms with Crippen molar-refractivity contribution in [3.63, 3.8) is 0 Å². The van der Waals surface area contributed by atoms with E-state index >= 15 is 0 Å². The highest BCUT2D eigenvalue weighted by atomic mass is 35.5. The Morgan fingerprint density at radius 2 is 1.92 bits per heavy atom. The number of carbonyl (C=O) groups is 1. The van der Waals surface area contributed by atoms with Gasteiger partial charge in [0.1, 0.15) is 5.82 Å². The number of pyridine rings is 1. The molecule has 1 amide bonds. The van der Waals surface area contributed by atoms with E-state index in [9.17, 15) is 9.18 Å². The number of benzene rings is 1. The number of hydrogen-bond acceptors (Lipinski definition) is 5. The summed E-state index contributed by atoms with van der Waals surface area (Å²) in [7, 11) is 0. The summed E-state index contributed by atoms with van der Waals surface area (Å²) in [5.74, 6) is 0.469. The van der Waals surface area contributed by atoms with Gasteiger partial charge in [-0.25, -0.2) is 14.1 Å². The predicted molar refractivity (Wildman–Crippen MR) is 147 cm³/mol. The van der Waals surface area contributed by atoms with Gasteiger partial charge in [0.15, 0.2) is 5.82 Å². The molecule has 10 heteroatoms. The highest BCUT2D eigenvalue weighted by Crippen LogP contribution is 2.50. The lowest BCUT2D eigenvalue weighted by Gasteiger charge is -2.36. The maximum Gasteiger partial charge on any atom is 0.223 e. The maximum absolute atomic E-state index is 14.6. The number of nitrogens with one attached hydrogen (secondary N) is 1. The predicted octanol–water partition coefficient (Wildman–Crippen LogP) is 7.29. The average molecular weight is 565 g/mol. The molecule has 0 aliphatic heterocycles. The van der Waals surface area contributed by atoms with E-state index in [1.54, 1.807) is 17.1 Å². The maximum atomic E-state index is 14.6. The van der Waals surface area contributed by atoms with E-state index in [-0.39, 0.29) is 22.3 Å². The van der Waals surface area contributed by atoms with Crippen molar-refractivity contribution >= 4 is 41.1 Å². The molecule has 1 atom stereocenters. The first-order valence-electron chi connectivity index (χ1n) is 12.6. The fraction of sp³-hybridized carbons (Fsp3) is 0.444. The summed E-state index contributed by atoms with van der Waals surface area (Å²) < 4.78 is 16.3. The summed E-state index contributed by atoms with van der Waals surface area (Å²) in [6.45, 7) is 2.12. The fourth-order valence-corrected chi connectivity index (χ4v) is 5.99.